The van der Waals surface area contributed by atoms with Gasteiger partial charge in [-0.3, -0.25) is 0 Å². The third kappa shape index (κ3) is 2.95. The summed E-state index contributed by atoms with van der Waals surface area (Å²) in [6.45, 7) is 2.48. The molecule has 13 heavy (non-hydrogen) atoms. The predicted molar refractivity (Wildman–Crippen MR) is 57.7 cm³/mol. The maximum atomic E-state index is 6.01. The zero-order valence-electron chi connectivity index (χ0n) is 7.26. The van der Waals surface area contributed by atoms with Gasteiger partial charge in [-0.1, -0.05) is 34.5 Å². The third-order valence-corrected chi connectivity index (χ3v) is 2.67. The zero-order valence-corrected chi connectivity index (χ0v) is 9.60. The van der Waals surface area contributed by atoms with E-state index in [0.29, 0.717) is 6.61 Å². The maximum Gasteiger partial charge on any atom is 0.0745 e. The van der Waals surface area contributed by atoms with Gasteiger partial charge in [0, 0.05) is 15.4 Å². The monoisotopic (exact) mass is 263 g/mol. The molecule has 1 unspecified atom stereocenters. The summed E-state index contributed by atoms with van der Waals surface area (Å²) in [7, 11) is 0. The minimum Gasteiger partial charge on any atom is -0.304 e. The lowest BCUT2D eigenvalue weighted by Gasteiger charge is -2.12. The third-order valence-electron chi connectivity index (χ3n) is 1.84. The molecule has 1 rings (SSSR count). The predicted octanol–water partition coefficient (Wildman–Crippen LogP) is 3.10. The number of hydrogen-bond acceptors (Lipinski definition) is 2. The Hall–Kier alpha value is -0.0900. The van der Waals surface area contributed by atoms with E-state index in [1.54, 1.807) is 0 Å². The second-order valence-electron chi connectivity index (χ2n) is 2.90. The Kier molecular flexibility index (Phi) is 4.19. The Labute approximate surface area is 91.1 Å². The number of benzene rings is 1. The van der Waals surface area contributed by atoms with Crippen molar-refractivity contribution in [1.82, 2.24) is 0 Å². The van der Waals surface area contributed by atoms with E-state index < -0.39 is 0 Å². The molecular formula is C9H11BrClNO. The summed E-state index contributed by atoms with van der Waals surface area (Å²) in [5.41, 5.74) is 1.04. The molecule has 0 radical (unpaired) electrons. The van der Waals surface area contributed by atoms with Crippen LogP contribution in [0.1, 0.15) is 18.4 Å². The summed E-state index contributed by atoms with van der Waals surface area (Å²) in [6, 6.07) is 5.74. The largest absolute Gasteiger partial charge is 0.304 e. The van der Waals surface area contributed by atoms with Crippen molar-refractivity contribution in [3.05, 3.63) is 33.3 Å². The van der Waals surface area contributed by atoms with Gasteiger partial charge < -0.3 is 4.84 Å². The van der Waals surface area contributed by atoms with Gasteiger partial charge in [0.2, 0.25) is 0 Å². The van der Waals surface area contributed by atoms with Crippen LogP contribution in [-0.2, 0) is 4.84 Å². The molecule has 0 aliphatic heterocycles. The molecule has 0 fully saturated rings. The highest BCUT2D eigenvalue weighted by atomic mass is 79.9. The molecule has 1 atom stereocenters. The lowest BCUT2D eigenvalue weighted by atomic mass is 10.0. The molecule has 1 aromatic carbocycles. The molecule has 4 heteroatoms. The molecule has 0 bridgehead atoms. The van der Waals surface area contributed by atoms with Crippen LogP contribution < -0.4 is 5.90 Å². The van der Waals surface area contributed by atoms with Crippen LogP contribution in [0.2, 0.25) is 5.02 Å². The van der Waals surface area contributed by atoms with Crippen LogP contribution in [0, 0.1) is 0 Å². The number of nitrogens with two attached hydrogens (primary N) is 1. The van der Waals surface area contributed by atoms with Crippen molar-refractivity contribution in [3.63, 3.8) is 0 Å². The van der Waals surface area contributed by atoms with Crippen LogP contribution in [0.25, 0.3) is 0 Å². The second kappa shape index (κ2) is 4.96. The molecule has 0 spiro atoms. The summed E-state index contributed by atoms with van der Waals surface area (Å²) in [4.78, 5) is 4.58. The normalized spacial score (nSPS) is 12.9. The zero-order chi connectivity index (χ0) is 9.84. The van der Waals surface area contributed by atoms with E-state index in [1.807, 2.05) is 25.1 Å². The first-order chi connectivity index (χ1) is 6.15. The highest BCUT2D eigenvalue weighted by Crippen LogP contribution is 2.27. The van der Waals surface area contributed by atoms with Crippen molar-refractivity contribution in [2.45, 2.75) is 12.8 Å². The van der Waals surface area contributed by atoms with E-state index in [1.165, 1.54) is 0 Å². The van der Waals surface area contributed by atoms with Gasteiger partial charge in [-0.2, -0.15) is 0 Å². The summed E-state index contributed by atoms with van der Waals surface area (Å²) < 4.78 is 1.01. The van der Waals surface area contributed by atoms with Crippen molar-refractivity contribution in [2.75, 3.05) is 6.61 Å². The van der Waals surface area contributed by atoms with E-state index >= 15 is 0 Å². The minimum absolute atomic E-state index is 0.204. The maximum absolute atomic E-state index is 6.01. The van der Waals surface area contributed by atoms with Gasteiger partial charge in [0.25, 0.3) is 0 Å². The standard InChI is InChI=1S/C9H11BrClNO/c1-6(5-13-12)8-4-7(10)2-3-9(8)11/h2-4,6H,5,12H2,1H3. The van der Waals surface area contributed by atoms with E-state index in [0.717, 1.165) is 15.1 Å². The second-order valence-corrected chi connectivity index (χ2v) is 4.22. The molecule has 2 nitrogen and oxygen atoms in total. The first-order valence-electron chi connectivity index (χ1n) is 3.91. The van der Waals surface area contributed by atoms with Gasteiger partial charge in [0.05, 0.1) is 6.61 Å². The Bertz CT molecular complexity index is 293. The SMILES string of the molecule is CC(CON)c1cc(Br)ccc1Cl. The smallest absolute Gasteiger partial charge is 0.0745 e. The Morgan fingerprint density at radius 2 is 2.31 bits per heavy atom. The highest BCUT2D eigenvalue weighted by molar-refractivity contribution is 9.10. The van der Waals surface area contributed by atoms with Crippen molar-refractivity contribution in [3.8, 4) is 0 Å². The van der Waals surface area contributed by atoms with Gasteiger partial charge in [0.15, 0.2) is 0 Å². The van der Waals surface area contributed by atoms with Crippen molar-refractivity contribution >= 4 is 27.5 Å². The van der Waals surface area contributed by atoms with Gasteiger partial charge in [-0.05, 0) is 23.8 Å². The van der Waals surface area contributed by atoms with Gasteiger partial charge in [-0.25, -0.2) is 5.90 Å². The lowest BCUT2D eigenvalue weighted by molar-refractivity contribution is 0.126. The lowest BCUT2D eigenvalue weighted by Crippen LogP contribution is -2.08. The average Bonchev–Trinajstić information content (AvgIpc) is 2.09. The van der Waals surface area contributed by atoms with Crippen molar-refractivity contribution in [2.24, 2.45) is 5.90 Å². The molecule has 72 valence electrons. The number of rotatable bonds is 3. The average molecular weight is 265 g/mol. The molecule has 0 aromatic heterocycles. The van der Waals surface area contributed by atoms with Crippen molar-refractivity contribution < 1.29 is 4.84 Å². The van der Waals surface area contributed by atoms with Gasteiger partial charge in [0.1, 0.15) is 0 Å². The van der Waals surface area contributed by atoms with E-state index in [2.05, 4.69) is 20.8 Å². The fourth-order valence-electron chi connectivity index (χ4n) is 1.13. The Balaban J connectivity index is 2.91. The van der Waals surface area contributed by atoms with Crippen LogP contribution in [0.5, 0.6) is 0 Å². The molecule has 2 N–H and O–H groups in total. The number of halogens is 2. The highest BCUT2D eigenvalue weighted by Gasteiger charge is 2.09. The fourth-order valence-corrected chi connectivity index (χ4v) is 1.81. The first kappa shape index (κ1) is 11.0. The summed E-state index contributed by atoms with van der Waals surface area (Å²) in [5, 5.41) is 0.743. The minimum atomic E-state index is 0.204. The van der Waals surface area contributed by atoms with Gasteiger partial charge in [-0.15, -0.1) is 0 Å². The topological polar surface area (TPSA) is 35.2 Å². The molecule has 0 amide bonds. The summed E-state index contributed by atoms with van der Waals surface area (Å²) in [6.07, 6.45) is 0. The first-order valence-corrected chi connectivity index (χ1v) is 5.09. The van der Waals surface area contributed by atoms with Crippen LogP contribution >= 0.6 is 27.5 Å². The molecule has 0 aliphatic rings. The van der Waals surface area contributed by atoms with Crippen LogP contribution in [-0.4, -0.2) is 6.61 Å². The van der Waals surface area contributed by atoms with E-state index in [-0.39, 0.29) is 5.92 Å². The van der Waals surface area contributed by atoms with Crippen LogP contribution in [0.15, 0.2) is 22.7 Å². The van der Waals surface area contributed by atoms with Crippen molar-refractivity contribution in [1.29, 1.82) is 0 Å². The Morgan fingerprint density at radius 3 is 2.92 bits per heavy atom. The summed E-state index contributed by atoms with van der Waals surface area (Å²) in [5.74, 6) is 5.20. The molecule has 0 saturated heterocycles. The molecular weight excluding hydrogens is 253 g/mol. The molecule has 0 heterocycles. The molecule has 0 saturated carbocycles. The fraction of sp³-hybridized carbons (Fsp3) is 0.333. The molecule has 0 aliphatic carbocycles. The summed E-state index contributed by atoms with van der Waals surface area (Å²) >= 11 is 9.39. The van der Waals surface area contributed by atoms with Gasteiger partial charge >= 0.3 is 0 Å². The van der Waals surface area contributed by atoms with Crippen LogP contribution in [0.3, 0.4) is 0 Å². The number of hydrogen-bond donors (Lipinski definition) is 1. The molecule has 1 aromatic rings. The van der Waals surface area contributed by atoms with E-state index in [9.17, 15) is 0 Å². The van der Waals surface area contributed by atoms with Crippen LogP contribution in [0.4, 0.5) is 0 Å². The quantitative estimate of drug-likeness (QED) is 0.852. The Morgan fingerprint density at radius 1 is 1.62 bits per heavy atom. The van der Waals surface area contributed by atoms with E-state index in [4.69, 9.17) is 17.5 Å².